The number of amides is 1. The SMILES string of the molecule is CCc1ccc(OCc2ccc(C(=O)Nc3nn(Cc4ccc(C)cc4)cc3Br)o2)cc1. The number of nitrogens with one attached hydrogen (secondary N) is 1. The first-order chi connectivity index (χ1) is 15.5. The van der Waals surface area contributed by atoms with Crippen LogP contribution in [0.1, 0.15) is 39.9 Å². The topological polar surface area (TPSA) is 69.3 Å². The van der Waals surface area contributed by atoms with Crippen LogP contribution in [0, 0.1) is 6.92 Å². The Morgan fingerprint density at radius 3 is 2.50 bits per heavy atom. The molecule has 0 saturated heterocycles. The Morgan fingerprint density at radius 2 is 1.78 bits per heavy atom. The lowest BCUT2D eigenvalue weighted by molar-refractivity contribution is 0.0992. The van der Waals surface area contributed by atoms with E-state index in [0.717, 1.165) is 17.7 Å². The molecule has 0 bridgehead atoms. The van der Waals surface area contributed by atoms with Crippen LogP contribution in [-0.2, 0) is 19.6 Å². The molecule has 0 fully saturated rings. The Balaban J connectivity index is 1.35. The Kier molecular flexibility index (Phi) is 6.75. The molecule has 6 nitrogen and oxygen atoms in total. The molecule has 1 N–H and O–H groups in total. The van der Waals surface area contributed by atoms with Crippen molar-refractivity contribution in [2.45, 2.75) is 33.4 Å². The van der Waals surface area contributed by atoms with E-state index in [0.29, 0.717) is 22.6 Å². The monoisotopic (exact) mass is 493 g/mol. The Labute approximate surface area is 195 Å². The highest BCUT2D eigenvalue weighted by Gasteiger charge is 2.16. The van der Waals surface area contributed by atoms with Gasteiger partial charge in [0, 0.05) is 6.20 Å². The standard InChI is InChI=1S/C25H24BrN3O3/c1-3-18-8-10-20(11-9-18)31-16-21-12-13-23(32-21)25(30)27-24-22(26)15-29(28-24)14-19-6-4-17(2)5-7-19/h4-13,15H,3,14,16H2,1-2H3,(H,27,28,30). The summed E-state index contributed by atoms with van der Waals surface area (Å²) in [5.41, 5.74) is 3.59. The van der Waals surface area contributed by atoms with Crippen LogP contribution in [0.5, 0.6) is 5.75 Å². The van der Waals surface area contributed by atoms with Gasteiger partial charge in [-0.05, 0) is 64.7 Å². The zero-order valence-electron chi connectivity index (χ0n) is 18.0. The highest BCUT2D eigenvalue weighted by Crippen LogP contribution is 2.22. The number of hydrogen-bond donors (Lipinski definition) is 1. The van der Waals surface area contributed by atoms with Gasteiger partial charge < -0.3 is 14.5 Å². The molecular formula is C25H24BrN3O3. The van der Waals surface area contributed by atoms with E-state index in [1.165, 1.54) is 11.1 Å². The lowest BCUT2D eigenvalue weighted by Gasteiger charge is -2.05. The number of hydrogen-bond acceptors (Lipinski definition) is 4. The molecule has 4 aromatic rings. The molecule has 32 heavy (non-hydrogen) atoms. The maximum Gasteiger partial charge on any atom is 0.292 e. The molecule has 0 unspecified atom stereocenters. The van der Waals surface area contributed by atoms with Crippen molar-refractivity contribution in [2.75, 3.05) is 5.32 Å². The summed E-state index contributed by atoms with van der Waals surface area (Å²) in [5, 5.41) is 7.25. The van der Waals surface area contributed by atoms with Crippen molar-refractivity contribution in [1.82, 2.24) is 9.78 Å². The predicted molar refractivity (Wildman–Crippen MR) is 127 cm³/mol. The molecule has 7 heteroatoms. The van der Waals surface area contributed by atoms with Gasteiger partial charge in [-0.2, -0.15) is 5.10 Å². The summed E-state index contributed by atoms with van der Waals surface area (Å²) in [6, 6.07) is 19.6. The van der Waals surface area contributed by atoms with Gasteiger partial charge >= 0.3 is 0 Å². The van der Waals surface area contributed by atoms with Crippen LogP contribution >= 0.6 is 15.9 Å². The molecule has 1 amide bonds. The van der Waals surface area contributed by atoms with Gasteiger partial charge in [0.25, 0.3) is 5.91 Å². The third-order valence-electron chi connectivity index (χ3n) is 5.01. The van der Waals surface area contributed by atoms with Gasteiger partial charge in [0.1, 0.15) is 18.1 Å². The van der Waals surface area contributed by atoms with E-state index in [2.05, 4.69) is 64.5 Å². The molecule has 4 rings (SSSR count). The third kappa shape index (κ3) is 5.48. The maximum atomic E-state index is 12.6. The lowest BCUT2D eigenvalue weighted by Crippen LogP contribution is -2.12. The van der Waals surface area contributed by atoms with E-state index in [-0.39, 0.29) is 18.3 Å². The Morgan fingerprint density at radius 1 is 1.06 bits per heavy atom. The van der Waals surface area contributed by atoms with Crippen molar-refractivity contribution >= 4 is 27.7 Å². The molecule has 2 aromatic carbocycles. The van der Waals surface area contributed by atoms with Crippen LogP contribution in [0.3, 0.4) is 0 Å². The van der Waals surface area contributed by atoms with E-state index in [4.69, 9.17) is 9.15 Å². The fourth-order valence-electron chi connectivity index (χ4n) is 3.17. The second-order valence-electron chi connectivity index (χ2n) is 7.52. The van der Waals surface area contributed by atoms with Crippen molar-refractivity contribution in [3.05, 3.63) is 99.5 Å². The van der Waals surface area contributed by atoms with E-state index >= 15 is 0 Å². The number of ether oxygens (including phenoxy) is 1. The average Bonchev–Trinajstić information content (AvgIpc) is 3.41. The minimum Gasteiger partial charge on any atom is -0.486 e. The fraction of sp³-hybridized carbons (Fsp3) is 0.200. The predicted octanol–water partition coefficient (Wildman–Crippen LogP) is 5.99. The molecule has 0 atom stereocenters. The number of aromatic nitrogens is 2. The third-order valence-corrected chi connectivity index (χ3v) is 5.59. The van der Waals surface area contributed by atoms with Crippen molar-refractivity contribution in [2.24, 2.45) is 0 Å². The van der Waals surface area contributed by atoms with Crippen LogP contribution in [0.15, 0.2) is 75.8 Å². The molecule has 0 aliphatic rings. The average molecular weight is 494 g/mol. The molecule has 0 saturated carbocycles. The van der Waals surface area contributed by atoms with Gasteiger partial charge in [-0.25, -0.2) is 0 Å². The van der Waals surface area contributed by atoms with Gasteiger partial charge in [-0.15, -0.1) is 0 Å². The highest BCUT2D eigenvalue weighted by atomic mass is 79.9. The summed E-state index contributed by atoms with van der Waals surface area (Å²) in [7, 11) is 0. The zero-order valence-corrected chi connectivity index (χ0v) is 19.6. The number of halogens is 1. The molecule has 2 heterocycles. The van der Waals surface area contributed by atoms with E-state index < -0.39 is 0 Å². The summed E-state index contributed by atoms with van der Waals surface area (Å²) in [6.45, 7) is 5.01. The fourth-order valence-corrected chi connectivity index (χ4v) is 3.58. The molecule has 0 spiro atoms. The summed E-state index contributed by atoms with van der Waals surface area (Å²) < 4.78 is 13.9. The number of nitrogens with zero attached hydrogens (tertiary/aromatic N) is 2. The maximum absolute atomic E-state index is 12.6. The van der Waals surface area contributed by atoms with Crippen LogP contribution in [-0.4, -0.2) is 15.7 Å². The van der Waals surface area contributed by atoms with E-state index in [9.17, 15) is 4.79 Å². The minimum atomic E-state index is -0.371. The zero-order chi connectivity index (χ0) is 22.5. The van der Waals surface area contributed by atoms with Crippen molar-refractivity contribution in [3.8, 4) is 5.75 Å². The minimum absolute atomic E-state index is 0.199. The van der Waals surface area contributed by atoms with E-state index in [1.807, 2.05) is 30.5 Å². The number of carbonyl (C=O) groups excluding carboxylic acids is 1. The molecule has 0 aliphatic carbocycles. The van der Waals surface area contributed by atoms with Gasteiger partial charge in [-0.3, -0.25) is 9.48 Å². The van der Waals surface area contributed by atoms with Gasteiger partial charge in [0.05, 0.1) is 11.0 Å². The van der Waals surface area contributed by atoms with Crippen molar-refractivity contribution in [3.63, 3.8) is 0 Å². The number of benzene rings is 2. The largest absolute Gasteiger partial charge is 0.486 e. The normalized spacial score (nSPS) is 10.8. The quantitative estimate of drug-likeness (QED) is 0.327. The first-order valence-corrected chi connectivity index (χ1v) is 11.2. The summed E-state index contributed by atoms with van der Waals surface area (Å²) in [4.78, 5) is 12.6. The Bertz CT molecular complexity index is 1190. The van der Waals surface area contributed by atoms with Crippen molar-refractivity contribution < 1.29 is 13.9 Å². The lowest BCUT2D eigenvalue weighted by atomic mass is 10.1. The molecular weight excluding hydrogens is 470 g/mol. The molecule has 2 aromatic heterocycles. The van der Waals surface area contributed by atoms with Gasteiger partial charge in [0.2, 0.25) is 0 Å². The summed E-state index contributed by atoms with van der Waals surface area (Å²) in [5.74, 6) is 1.59. The number of rotatable bonds is 8. The van der Waals surface area contributed by atoms with E-state index in [1.54, 1.807) is 16.8 Å². The van der Waals surface area contributed by atoms with Crippen LogP contribution in [0.4, 0.5) is 5.82 Å². The first-order valence-electron chi connectivity index (χ1n) is 10.4. The number of anilines is 1. The van der Waals surface area contributed by atoms with Gasteiger partial charge in [-0.1, -0.05) is 48.9 Å². The smallest absolute Gasteiger partial charge is 0.292 e. The molecule has 0 radical (unpaired) electrons. The number of aryl methyl sites for hydroxylation is 2. The van der Waals surface area contributed by atoms with Crippen LogP contribution < -0.4 is 10.1 Å². The summed E-state index contributed by atoms with van der Waals surface area (Å²) >= 11 is 3.46. The first kappa shape index (κ1) is 21.9. The number of furan rings is 1. The van der Waals surface area contributed by atoms with Crippen molar-refractivity contribution in [1.29, 1.82) is 0 Å². The number of carbonyl (C=O) groups is 1. The molecule has 164 valence electrons. The van der Waals surface area contributed by atoms with Crippen LogP contribution in [0.2, 0.25) is 0 Å². The highest BCUT2D eigenvalue weighted by molar-refractivity contribution is 9.10. The molecule has 0 aliphatic heterocycles. The second kappa shape index (κ2) is 9.87. The second-order valence-corrected chi connectivity index (χ2v) is 8.37. The Hall–Kier alpha value is -3.32. The summed E-state index contributed by atoms with van der Waals surface area (Å²) in [6.07, 6.45) is 2.82. The van der Waals surface area contributed by atoms with Crippen LogP contribution in [0.25, 0.3) is 0 Å². The van der Waals surface area contributed by atoms with Gasteiger partial charge in [0.15, 0.2) is 11.6 Å².